The monoisotopic (exact) mass is 299 g/mol. The average Bonchev–Trinajstić information content (AvgIpc) is 2.34. The first kappa shape index (κ1) is 19.9. The molecule has 0 aliphatic heterocycles. The van der Waals surface area contributed by atoms with Crippen LogP contribution in [0.15, 0.2) is 0 Å². The van der Waals surface area contributed by atoms with E-state index in [4.69, 9.17) is 5.11 Å². The lowest BCUT2D eigenvalue weighted by atomic mass is 9.85. The second-order valence-corrected chi connectivity index (χ2v) is 6.71. The highest BCUT2D eigenvalue weighted by Crippen LogP contribution is 2.26. The molecule has 0 radical (unpaired) electrons. The predicted octanol–water partition coefficient (Wildman–Crippen LogP) is 4.09. The summed E-state index contributed by atoms with van der Waals surface area (Å²) in [6.07, 6.45) is 6.98. The fraction of sp³-hybridized carbons (Fsp3) is 0.882. The molecule has 1 N–H and O–H groups in total. The SMILES string of the molecule is CCCCCN(CCCCC)C(=O)CC(C)(C)CC(=O)O. The van der Waals surface area contributed by atoms with E-state index in [2.05, 4.69) is 13.8 Å². The van der Waals surface area contributed by atoms with Crippen LogP contribution in [0.1, 0.15) is 79.1 Å². The van der Waals surface area contributed by atoms with Crippen LogP contribution in [-0.4, -0.2) is 35.0 Å². The Kier molecular flexibility index (Phi) is 10.1. The molecule has 0 aromatic carbocycles. The minimum absolute atomic E-state index is 0.0382. The van der Waals surface area contributed by atoms with Crippen LogP contribution in [0.5, 0.6) is 0 Å². The van der Waals surface area contributed by atoms with Gasteiger partial charge in [0.25, 0.3) is 0 Å². The zero-order chi connectivity index (χ0) is 16.3. The number of carboxylic acid groups (broad SMARTS) is 1. The first-order valence-corrected chi connectivity index (χ1v) is 8.32. The highest BCUT2D eigenvalue weighted by molar-refractivity contribution is 5.78. The first-order chi connectivity index (χ1) is 9.82. The van der Waals surface area contributed by atoms with Gasteiger partial charge in [-0.3, -0.25) is 9.59 Å². The van der Waals surface area contributed by atoms with Gasteiger partial charge in [-0.05, 0) is 18.3 Å². The van der Waals surface area contributed by atoms with Crippen molar-refractivity contribution >= 4 is 11.9 Å². The van der Waals surface area contributed by atoms with E-state index in [1.807, 2.05) is 18.7 Å². The zero-order valence-electron chi connectivity index (χ0n) is 14.3. The molecule has 0 aromatic heterocycles. The molecular formula is C17H33NO3. The second kappa shape index (κ2) is 10.6. The molecule has 4 nitrogen and oxygen atoms in total. The molecule has 0 unspecified atom stereocenters. The highest BCUT2D eigenvalue weighted by atomic mass is 16.4. The molecule has 0 rings (SSSR count). The molecule has 4 heteroatoms. The maximum absolute atomic E-state index is 12.5. The predicted molar refractivity (Wildman–Crippen MR) is 86.3 cm³/mol. The number of carboxylic acids is 1. The first-order valence-electron chi connectivity index (χ1n) is 8.32. The minimum Gasteiger partial charge on any atom is -0.481 e. The van der Waals surface area contributed by atoms with Crippen molar-refractivity contribution in [3.8, 4) is 0 Å². The lowest BCUT2D eigenvalue weighted by Crippen LogP contribution is -2.36. The third-order valence-corrected chi connectivity index (χ3v) is 3.68. The summed E-state index contributed by atoms with van der Waals surface area (Å²) in [6, 6.07) is 0. The average molecular weight is 299 g/mol. The maximum atomic E-state index is 12.5. The van der Waals surface area contributed by atoms with Gasteiger partial charge in [0.05, 0.1) is 6.42 Å². The van der Waals surface area contributed by atoms with Gasteiger partial charge in [-0.25, -0.2) is 0 Å². The number of hydrogen-bond donors (Lipinski definition) is 1. The van der Waals surface area contributed by atoms with Crippen molar-refractivity contribution in [3.63, 3.8) is 0 Å². The maximum Gasteiger partial charge on any atom is 0.303 e. The Morgan fingerprint density at radius 2 is 1.38 bits per heavy atom. The summed E-state index contributed by atoms with van der Waals surface area (Å²) in [7, 11) is 0. The number of aliphatic carboxylic acids is 1. The molecule has 0 aliphatic carbocycles. The number of nitrogens with zero attached hydrogens (tertiary/aromatic N) is 1. The molecule has 0 heterocycles. The van der Waals surface area contributed by atoms with Gasteiger partial charge in [0, 0.05) is 19.5 Å². The van der Waals surface area contributed by atoms with Crippen LogP contribution in [-0.2, 0) is 9.59 Å². The Morgan fingerprint density at radius 3 is 1.76 bits per heavy atom. The van der Waals surface area contributed by atoms with Crippen molar-refractivity contribution in [1.29, 1.82) is 0 Å². The van der Waals surface area contributed by atoms with E-state index >= 15 is 0 Å². The Bertz CT molecular complexity index is 303. The van der Waals surface area contributed by atoms with E-state index in [-0.39, 0.29) is 12.3 Å². The molecule has 0 aromatic rings. The number of rotatable bonds is 12. The van der Waals surface area contributed by atoms with Crippen molar-refractivity contribution in [2.45, 2.75) is 79.1 Å². The normalized spacial score (nSPS) is 11.4. The lowest BCUT2D eigenvalue weighted by molar-refractivity contribution is -0.140. The van der Waals surface area contributed by atoms with Crippen LogP contribution in [0.25, 0.3) is 0 Å². The van der Waals surface area contributed by atoms with E-state index in [1.165, 1.54) is 0 Å². The van der Waals surface area contributed by atoms with Crippen LogP contribution in [0, 0.1) is 5.41 Å². The molecule has 0 fully saturated rings. The molecule has 0 aliphatic rings. The van der Waals surface area contributed by atoms with Gasteiger partial charge in [0.15, 0.2) is 0 Å². The van der Waals surface area contributed by atoms with Crippen molar-refractivity contribution < 1.29 is 14.7 Å². The van der Waals surface area contributed by atoms with Crippen LogP contribution >= 0.6 is 0 Å². The van der Waals surface area contributed by atoms with E-state index in [0.717, 1.165) is 51.6 Å². The van der Waals surface area contributed by atoms with E-state index < -0.39 is 11.4 Å². The molecule has 124 valence electrons. The van der Waals surface area contributed by atoms with Gasteiger partial charge >= 0.3 is 5.97 Å². The number of carbonyl (C=O) groups excluding carboxylic acids is 1. The molecular weight excluding hydrogens is 266 g/mol. The van der Waals surface area contributed by atoms with Crippen molar-refractivity contribution in [2.75, 3.05) is 13.1 Å². The van der Waals surface area contributed by atoms with Gasteiger partial charge in [-0.1, -0.05) is 53.4 Å². The largest absolute Gasteiger partial charge is 0.481 e. The quantitative estimate of drug-likeness (QED) is 0.552. The molecule has 0 bridgehead atoms. The van der Waals surface area contributed by atoms with Crippen molar-refractivity contribution in [1.82, 2.24) is 4.90 Å². The Labute approximate surface area is 129 Å². The summed E-state index contributed by atoms with van der Waals surface area (Å²) < 4.78 is 0. The van der Waals surface area contributed by atoms with E-state index in [0.29, 0.717) is 6.42 Å². The smallest absolute Gasteiger partial charge is 0.303 e. The summed E-state index contributed by atoms with van der Waals surface area (Å²) in [5.41, 5.74) is -0.476. The van der Waals surface area contributed by atoms with Crippen LogP contribution in [0.3, 0.4) is 0 Å². The number of hydrogen-bond acceptors (Lipinski definition) is 2. The summed E-state index contributed by atoms with van der Waals surface area (Å²) in [5.74, 6) is -0.732. The van der Waals surface area contributed by atoms with Gasteiger partial charge in [0.1, 0.15) is 0 Å². The Morgan fingerprint density at radius 1 is 0.905 bits per heavy atom. The fourth-order valence-electron chi connectivity index (χ4n) is 2.46. The molecule has 0 atom stereocenters. The molecule has 1 amide bonds. The van der Waals surface area contributed by atoms with Gasteiger partial charge in [-0.2, -0.15) is 0 Å². The summed E-state index contributed by atoms with van der Waals surface area (Å²) in [6.45, 7) is 9.63. The second-order valence-electron chi connectivity index (χ2n) is 6.71. The number of carbonyl (C=O) groups is 2. The van der Waals surface area contributed by atoms with Crippen molar-refractivity contribution in [2.24, 2.45) is 5.41 Å². The van der Waals surface area contributed by atoms with Crippen LogP contribution < -0.4 is 0 Å². The highest BCUT2D eigenvalue weighted by Gasteiger charge is 2.27. The van der Waals surface area contributed by atoms with Gasteiger partial charge in [-0.15, -0.1) is 0 Å². The fourth-order valence-corrected chi connectivity index (χ4v) is 2.46. The Balaban J connectivity index is 4.49. The summed E-state index contributed by atoms with van der Waals surface area (Å²) >= 11 is 0. The molecule has 0 saturated heterocycles. The van der Waals surface area contributed by atoms with Gasteiger partial charge < -0.3 is 10.0 Å². The Hall–Kier alpha value is -1.06. The summed E-state index contributed by atoms with van der Waals surface area (Å²) in [5, 5.41) is 8.92. The van der Waals surface area contributed by atoms with E-state index in [9.17, 15) is 9.59 Å². The molecule has 0 saturated carbocycles. The molecule has 21 heavy (non-hydrogen) atoms. The zero-order valence-corrected chi connectivity index (χ0v) is 14.3. The third-order valence-electron chi connectivity index (χ3n) is 3.68. The van der Waals surface area contributed by atoms with Crippen LogP contribution in [0.4, 0.5) is 0 Å². The van der Waals surface area contributed by atoms with Crippen molar-refractivity contribution in [3.05, 3.63) is 0 Å². The topological polar surface area (TPSA) is 57.6 Å². The minimum atomic E-state index is -0.837. The van der Waals surface area contributed by atoms with Crippen LogP contribution in [0.2, 0.25) is 0 Å². The number of unbranched alkanes of at least 4 members (excludes halogenated alkanes) is 4. The number of amides is 1. The molecule has 0 spiro atoms. The summed E-state index contributed by atoms with van der Waals surface area (Å²) in [4.78, 5) is 25.3. The third kappa shape index (κ3) is 10.3. The van der Waals surface area contributed by atoms with Gasteiger partial charge in [0.2, 0.25) is 5.91 Å². The lowest BCUT2D eigenvalue weighted by Gasteiger charge is -2.28. The van der Waals surface area contributed by atoms with E-state index in [1.54, 1.807) is 0 Å². The standard InChI is InChI=1S/C17H33NO3/c1-5-7-9-11-18(12-10-8-6-2)15(19)13-17(3,4)14-16(20)21/h5-14H2,1-4H3,(H,20,21).